The van der Waals surface area contributed by atoms with Crippen molar-refractivity contribution in [2.24, 2.45) is 5.92 Å². The van der Waals surface area contributed by atoms with E-state index in [1.54, 1.807) is 0 Å². The second kappa shape index (κ2) is 6.61. The summed E-state index contributed by atoms with van der Waals surface area (Å²) in [7, 11) is 0. The number of hydrogen-bond acceptors (Lipinski definition) is 2. The van der Waals surface area contributed by atoms with Gasteiger partial charge in [-0.05, 0) is 50.0 Å². The molecule has 1 amide bonds. The van der Waals surface area contributed by atoms with Crippen molar-refractivity contribution in [3.63, 3.8) is 0 Å². The molecule has 1 saturated heterocycles. The minimum atomic E-state index is -0.545. The van der Waals surface area contributed by atoms with Crippen LogP contribution in [0.2, 0.25) is 0 Å². The number of benzene rings is 1. The molecule has 1 aliphatic rings. The van der Waals surface area contributed by atoms with Gasteiger partial charge in [0, 0.05) is 12.1 Å². The van der Waals surface area contributed by atoms with Gasteiger partial charge >= 0.3 is 0 Å². The van der Waals surface area contributed by atoms with Gasteiger partial charge in [-0.1, -0.05) is 0 Å². The van der Waals surface area contributed by atoms with Gasteiger partial charge in [-0.25, -0.2) is 8.78 Å². The smallest absolute Gasteiger partial charge is 0.224 e. The average Bonchev–Trinajstić information content (AvgIpc) is 2.42. The minimum absolute atomic E-state index is 0.0965. The summed E-state index contributed by atoms with van der Waals surface area (Å²) >= 11 is 0. The fourth-order valence-corrected chi connectivity index (χ4v) is 2.27. The topological polar surface area (TPSA) is 41.1 Å². The second-order valence-electron chi connectivity index (χ2n) is 4.93. The summed E-state index contributed by atoms with van der Waals surface area (Å²) in [5.74, 6) is -0.915. The van der Waals surface area contributed by atoms with Crippen LogP contribution in [0.5, 0.6) is 0 Å². The first-order valence-corrected chi connectivity index (χ1v) is 6.56. The van der Waals surface area contributed by atoms with E-state index >= 15 is 0 Å². The molecule has 0 saturated carbocycles. The molecule has 0 aliphatic carbocycles. The maximum absolute atomic E-state index is 13.4. The van der Waals surface area contributed by atoms with Crippen LogP contribution in [0, 0.1) is 17.6 Å². The van der Waals surface area contributed by atoms with Crippen LogP contribution < -0.4 is 10.6 Å². The number of carbonyl (C=O) groups excluding carboxylic acids is 1. The lowest BCUT2D eigenvalue weighted by atomic mass is 9.99. The van der Waals surface area contributed by atoms with Crippen molar-refractivity contribution in [2.75, 3.05) is 19.6 Å². The van der Waals surface area contributed by atoms with E-state index in [1.807, 2.05) is 0 Å². The molecule has 1 heterocycles. The van der Waals surface area contributed by atoms with Crippen LogP contribution in [-0.2, 0) is 11.2 Å². The Balaban J connectivity index is 1.81. The van der Waals surface area contributed by atoms with Gasteiger partial charge in [-0.15, -0.1) is 0 Å². The number of nitrogens with one attached hydrogen (secondary N) is 2. The van der Waals surface area contributed by atoms with Crippen LogP contribution in [0.25, 0.3) is 0 Å². The van der Waals surface area contributed by atoms with Gasteiger partial charge in [0.05, 0.1) is 6.42 Å². The molecule has 1 aliphatic heterocycles. The molecule has 1 aromatic rings. The van der Waals surface area contributed by atoms with E-state index in [9.17, 15) is 13.6 Å². The molecule has 19 heavy (non-hydrogen) atoms. The van der Waals surface area contributed by atoms with Gasteiger partial charge in [0.15, 0.2) is 0 Å². The van der Waals surface area contributed by atoms with E-state index in [2.05, 4.69) is 10.6 Å². The van der Waals surface area contributed by atoms with Crippen LogP contribution in [0.1, 0.15) is 18.4 Å². The Morgan fingerprint density at radius 1 is 1.42 bits per heavy atom. The Bertz CT molecular complexity index is 445. The third-order valence-electron chi connectivity index (χ3n) is 3.35. The van der Waals surface area contributed by atoms with E-state index in [-0.39, 0.29) is 17.9 Å². The molecule has 0 spiro atoms. The van der Waals surface area contributed by atoms with Gasteiger partial charge in [0.1, 0.15) is 11.6 Å². The Morgan fingerprint density at radius 3 is 3.00 bits per heavy atom. The maximum atomic E-state index is 13.4. The summed E-state index contributed by atoms with van der Waals surface area (Å²) in [6.45, 7) is 2.51. The quantitative estimate of drug-likeness (QED) is 0.871. The number of rotatable bonds is 4. The normalized spacial score (nSPS) is 19.2. The van der Waals surface area contributed by atoms with E-state index in [4.69, 9.17) is 0 Å². The molecule has 0 aromatic heterocycles. The van der Waals surface area contributed by atoms with Gasteiger partial charge < -0.3 is 10.6 Å². The van der Waals surface area contributed by atoms with E-state index < -0.39 is 11.6 Å². The number of hydrogen-bond donors (Lipinski definition) is 2. The standard InChI is InChI=1S/C14H18F2N2O/c15-12-3-4-13(16)11(6-12)7-14(19)18-9-10-2-1-5-17-8-10/h3-4,6,10,17H,1-2,5,7-9H2,(H,18,19). The summed E-state index contributed by atoms with van der Waals surface area (Å²) in [6.07, 6.45) is 2.07. The number of halogens is 2. The van der Waals surface area contributed by atoms with Gasteiger partial charge in [0.25, 0.3) is 0 Å². The lowest BCUT2D eigenvalue weighted by Crippen LogP contribution is -2.38. The fourth-order valence-electron chi connectivity index (χ4n) is 2.27. The zero-order valence-electron chi connectivity index (χ0n) is 10.7. The molecule has 1 aromatic carbocycles. The third kappa shape index (κ3) is 4.28. The highest BCUT2D eigenvalue weighted by Crippen LogP contribution is 2.11. The predicted octanol–water partition coefficient (Wildman–Crippen LogP) is 1.62. The largest absolute Gasteiger partial charge is 0.355 e. The average molecular weight is 268 g/mol. The molecule has 1 fully saturated rings. The second-order valence-corrected chi connectivity index (χ2v) is 4.93. The fraction of sp³-hybridized carbons (Fsp3) is 0.500. The van der Waals surface area contributed by atoms with Gasteiger partial charge in [-0.2, -0.15) is 0 Å². The molecule has 2 rings (SSSR count). The number of amides is 1. The zero-order valence-corrected chi connectivity index (χ0v) is 10.7. The van der Waals surface area contributed by atoms with Crippen molar-refractivity contribution < 1.29 is 13.6 Å². The molecule has 1 unspecified atom stereocenters. The van der Waals surface area contributed by atoms with Crippen molar-refractivity contribution >= 4 is 5.91 Å². The molecule has 1 atom stereocenters. The minimum Gasteiger partial charge on any atom is -0.355 e. The third-order valence-corrected chi connectivity index (χ3v) is 3.35. The molecular formula is C14H18F2N2O. The van der Waals surface area contributed by atoms with Crippen LogP contribution in [-0.4, -0.2) is 25.5 Å². The molecular weight excluding hydrogens is 250 g/mol. The van der Waals surface area contributed by atoms with Crippen LogP contribution >= 0.6 is 0 Å². The van der Waals surface area contributed by atoms with Crippen molar-refractivity contribution in [3.05, 3.63) is 35.4 Å². The van der Waals surface area contributed by atoms with E-state index in [0.717, 1.165) is 44.1 Å². The van der Waals surface area contributed by atoms with Crippen LogP contribution in [0.3, 0.4) is 0 Å². The summed E-state index contributed by atoms with van der Waals surface area (Å²) in [6, 6.07) is 3.16. The first kappa shape index (κ1) is 13.9. The van der Waals surface area contributed by atoms with Crippen molar-refractivity contribution in [1.82, 2.24) is 10.6 Å². The Morgan fingerprint density at radius 2 is 2.26 bits per heavy atom. The van der Waals surface area contributed by atoms with Crippen molar-refractivity contribution in [3.8, 4) is 0 Å². The first-order valence-electron chi connectivity index (χ1n) is 6.56. The Kier molecular flexibility index (Phi) is 4.85. The van der Waals surface area contributed by atoms with Gasteiger partial charge in [-0.3, -0.25) is 4.79 Å². The summed E-state index contributed by atoms with van der Waals surface area (Å²) < 4.78 is 26.3. The molecule has 0 radical (unpaired) electrons. The van der Waals surface area contributed by atoms with Crippen LogP contribution in [0.4, 0.5) is 8.78 Å². The summed E-state index contributed by atoms with van der Waals surface area (Å²) in [4.78, 5) is 11.7. The highest BCUT2D eigenvalue weighted by atomic mass is 19.1. The molecule has 3 nitrogen and oxygen atoms in total. The molecule has 0 bridgehead atoms. The maximum Gasteiger partial charge on any atom is 0.224 e. The lowest BCUT2D eigenvalue weighted by Gasteiger charge is -2.22. The van der Waals surface area contributed by atoms with Gasteiger partial charge in [0.2, 0.25) is 5.91 Å². The van der Waals surface area contributed by atoms with Crippen molar-refractivity contribution in [1.29, 1.82) is 0 Å². The predicted molar refractivity (Wildman–Crippen MR) is 68.7 cm³/mol. The highest BCUT2D eigenvalue weighted by molar-refractivity contribution is 5.78. The summed E-state index contributed by atoms with van der Waals surface area (Å²) in [5, 5.41) is 6.04. The summed E-state index contributed by atoms with van der Waals surface area (Å²) in [5.41, 5.74) is 0.0965. The first-order chi connectivity index (χ1) is 9.15. The molecule has 5 heteroatoms. The Labute approximate surface area is 111 Å². The van der Waals surface area contributed by atoms with E-state index in [1.165, 1.54) is 0 Å². The molecule has 104 valence electrons. The zero-order chi connectivity index (χ0) is 13.7. The van der Waals surface area contributed by atoms with Crippen molar-refractivity contribution in [2.45, 2.75) is 19.3 Å². The number of piperidine rings is 1. The Hall–Kier alpha value is -1.49. The monoisotopic (exact) mass is 268 g/mol. The number of carbonyl (C=O) groups is 1. The van der Waals surface area contributed by atoms with E-state index in [0.29, 0.717) is 12.5 Å². The highest BCUT2D eigenvalue weighted by Gasteiger charge is 2.15. The lowest BCUT2D eigenvalue weighted by molar-refractivity contribution is -0.120. The molecule has 2 N–H and O–H groups in total. The SMILES string of the molecule is O=C(Cc1cc(F)ccc1F)NCC1CCCNC1. The van der Waals surface area contributed by atoms with Crippen LogP contribution in [0.15, 0.2) is 18.2 Å².